The first-order valence-electron chi connectivity index (χ1n) is 7.97. The molecule has 0 radical (unpaired) electrons. The highest BCUT2D eigenvalue weighted by molar-refractivity contribution is 6.31. The fourth-order valence-electron chi connectivity index (χ4n) is 2.98. The van der Waals surface area contributed by atoms with E-state index >= 15 is 0 Å². The maximum Gasteiger partial charge on any atom is 0.224 e. The molecule has 0 aliphatic carbocycles. The lowest BCUT2D eigenvalue weighted by molar-refractivity contribution is -0.120. The predicted molar refractivity (Wildman–Crippen MR) is 92.0 cm³/mol. The monoisotopic (exact) mass is 335 g/mol. The van der Waals surface area contributed by atoms with Crippen molar-refractivity contribution in [2.24, 2.45) is 0 Å². The van der Waals surface area contributed by atoms with Gasteiger partial charge in [0, 0.05) is 47.8 Å². The van der Waals surface area contributed by atoms with Gasteiger partial charge >= 0.3 is 0 Å². The number of hydrogen-bond donors (Lipinski definition) is 2. The van der Waals surface area contributed by atoms with Crippen molar-refractivity contribution in [3.05, 3.63) is 34.5 Å². The SMILES string of the molecule is Cc1[nH]c2ccc(Cl)cc2c1CC(=O)NCCN1CCOCC1. The molecule has 1 aliphatic rings. The molecular formula is C17H22ClN3O2. The first-order valence-corrected chi connectivity index (χ1v) is 8.35. The van der Waals surface area contributed by atoms with Crippen molar-refractivity contribution in [2.45, 2.75) is 13.3 Å². The van der Waals surface area contributed by atoms with Crippen LogP contribution in [0, 0.1) is 6.92 Å². The third-order valence-electron chi connectivity index (χ3n) is 4.27. The summed E-state index contributed by atoms with van der Waals surface area (Å²) in [5, 5.41) is 4.72. The summed E-state index contributed by atoms with van der Waals surface area (Å²) in [7, 11) is 0. The second-order valence-corrected chi connectivity index (χ2v) is 6.34. The van der Waals surface area contributed by atoms with Crippen LogP contribution in [0.2, 0.25) is 5.02 Å². The summed E-state index contributed by atoms with van der Waals surface area (Å²) in [5.41, 5.74) is 3.06. The molecule has 6 heteroatoms. The molecule has 1 aliphatic heterocycles. The van der Waals surface area contributed by atoms with E-state index in [1.807, 2.05) is 25.1 Å². The van der Waals surface area contributed by atoms with Gasteiger partial charge in [0.2, 0.25) is 5.91 Å². The Morgan fingerprint density at radius 2 is 2.17 bits per heavy atom. The lowest BCUT2D eigenvalue weighted by Crippen LogP contribution is -2.41. The van der Waals surface area contributed by atoms with Gasteiger partial charge in [-0.3, -0.25) is 9.69 Å². The number of fused-ring (bicyclic) bond motifs is 1. The number of hydrogen-bond acceptors (Lipinski definition) is 3. The molecule has 0 atom stereocenters. The lowest BCUT2D eigenvalue weighted by atomic mass is 10.1. The number of H-pyrrole nitrogens is 1. The molecule has 0 bridgehead atoms. The number of carbonyl (C=O) groups excluding carboxylic acids is 1. The van der Waals surface area contributed by atoms with Crippen LogP contribution in [0.5, 0.6) is 0 Å². The van der Waals surface area contributed by atoms with E-state index in [2.05, 4.69) is 15.2 Å². The summed E-state index contributed by atoms with van der Waals surface area (Å²) in [6.07, 6.45) is 0.370. The largest absolute Gasteiger partial charge is 0.379 e. The smallest absolute Gasteiger partial charge is 0.224 e. The van der Waals surface area contributed by atoms with Crippen LogP contribution in [0.1, 0.15) is 11.3 Å². The number of amides is 1. The average Bonchev–Trinajstić information content (AvgIpc) is 2.84. The minimum absolute atomic E-state index is 0.0437. The van der Waals surface area contributed by atoms with E-state index in [0.717, 1.165) is 55.0 Å². The zero-order chi connectivity index (χ0) is 16.2. The minimum atomic E-state index is 0.0437. The number of ether oxygens (including phenoxy) is 1. The van der Waals surface area contributed by atoms with Gasteiger partial charge in [-0.25, -0.2) is 0 Å². The number of aromatic nitrogens is 1. The zero-order valence-corrected chi connectivity index (χ0v) is 14.1. The maximum atomic E-state index is 12.2. The van der Waals surface area contributed by atoms with E-state index in [4.69, 9.17) is 16.3 Å². The molecule has 1 amide bonds. The number of halogens is 1. The molecule has 1 fully saturated rings. The average molecular weight is 336 g/mol. The Balaban J connectivity index is 1.57. The van der Waals surface area contributed by atoms with E-state index in [0.29, 0.717) is 18.0 Å². The lowest BCUT2D eigenvalue weighted by Gasteiger charge is -2.26. The van der Waals surface area contributed by atoms with Crippen molar-refractivity contribution in [3.8, 4) is 0 Å². The summed E-state index contributed by atoms with van der Waals surface area (Å²) in [4.78, 5) is 17.8. The van der Waals surface area contributed by atoms with Gasteiger partial charge in [0.05, 0.1) is 19.6 Å². The molecular weight excluding hydrogens is 314 g/mol. The van der Waals surface area contributed by atoms with Crippen LogP contribution in [-0.2, 0) is 16.0 Å². The molecule has 1 aromatic carbocycles. The van der Waals surface area contributed by atoms with Crippen LogP contribution in [0.15, 0.2) is 18.2 Å². The molecule has 1 saturated heterocycles. The highest BCUT2D eigenvalue weighted by Gasteiger charge is 2.14. The molecule has 2 N–H and O–H groups in total. The zero-order valence-electron chi connectivity index (χ0n) is 13.3. The minimum Gasteiger partial charge on any atom is -0.379 e. The van der Waals surface area contributed by atoms with Crippen LogP contribution in [0.4, 0.5) is 0 Å². The summed E-state index contributed by atoms with van der Waals surface area (Å²) in [6.45, 7) is 6.97. The van der Waals surface area contributed by atoms with Crippen molar-refractivity contribution >= 4 is 28.4 Å². The number of nitrogens with zero attached hydrogens (tertiary/aromatic N) is 1. The van der Waals surface area contributed by atoms with Gasteiger partial charge in [0.25, 0.3) is 0 Å². The van der Waals surface area contributed by atoms with E-state index < -0.39 is 0 Å². The van der Waals surface area contributed by atoms with Gasteiger partial charge in [-0.1, -0.05) is 11.6 Å². The molecule has 2 aromatic rings. The number of morpholine rings is 1. The van der Waals surface area contributed by atoms with Gasteiger partial charge in [-0.05, 0) is 30.7 Å². The fourth-order valence-corrected chi connectivity index (χ4v) is 3.16. The van der Waals surface area contributed by atoms with Crippen LogP contribution < -0.4 is 5.32 Å². The molecule has 0 unspecified atom stereocenters. The van der Waals surface area contributed by atoms with E-state index in [1.165, 1.54) is 0 Å². The van der Waals surface area contributed by atoms with Crippen LogP contribution >= 0.6 is 11.6 Å². The first kappa shape index (κ1) is 16.3. The topological polar surface area (TPSA) is 57.4 Å². The molecule has 0 saturated carbocycles. The Hall–Kier alpha value is -1.56. The summed E-state index contributed by atoms with van der Waals surface area (Å²) < 4.78 is 5.32. The van der Waals surface area contributed by atoms with Crippen molar-refractivity contribution in [3.63, 3.8) is 0 Å². The Morgan fingerprint density at radius 1 is 1.39 bits per heavy atom. The second-order valence-electron chi connectivity index (χ2n) is 5.90. The molecule has 1 aromatic heterocycles. The Bertz CT molecular complexity index is 692. The maximum absolute atomic E-state index is 12.2. The van der Waals surface area contributed by atoms with Crippen LogP contribution in [0.3, 0.4) is 0 Å². The normalized spacial score (nSPS) is 15.9. The summed E-state index contributed by atoms with van der Waals surface area (Å²) in [5.74, 6) is 0.0437. The molecule has 124 valence electrons. The molecule has 2 heterocycles. The molecule has 3 rings (SSSR count). The quantitative estimate of drug-likeness (QED) is 0.880. The molecule has 23 heavy (non-hydrogen) atoms. The number of aryl methyl sites for hydroxylation is 1. The Labute approximate surface area is 140 Å². The molecule has 0 spiro atoms. The number of nitrogens with one attached hydrogen (secondary N) is 2. The fraction of sp³-hybridized carbons (Fsp3) is 0.471. The Morgan fingerprint density at radius 3 is 2.96 bits per heavy atom. The first-order chi connectivity index (χ1) is 11.1. The van der Waals surface area contributed by atoms with Gasteiger partial charge in [0.1, 0.15) is 0 Å². The van der Waals surface area contributed by atoms with Crippen molar-refractivity contribution in [1.82, 2.24) is 15.2 Å². The number of benzene rings is 1. The highest BCUT2D eigenvalue weighted by atomic mass is 35.5. The number of carbonyl (C=O) groups is 1. The number of rotatable bonds is 5. The van der Waals surface area contributed by atoms with Gasteiger partial charge in [-0.2, -0.15) is 0 Å². The van der Waals surface area contributed by atoms with Crippen molar-refractivity contribution < 1.29 is 9.53 Å². The third-order valence-corrected chi connectivity index (χ3v) is 4.51. The van der Waals surface area contributed by atoms with E-state index in [1.54, 1.807) is 0 Å². The van der Waals surface area contributed by atoms with Crippen LogP contribution in [-0.4, -0.2) is 55.2 Å². The van der Waals surface area contributed by atoms with Crippen LogP contribution in [0.25, 0.3) is 10.9 Å². The van der Waals surface area contributed by atoms with Crippen molar-refractivity contribution in [2.75, 3.05) is 39.4 Å². The number of aromatic amines is 1. The summed E-state index contributed by atoms with van der Waals surface area (Å²) >= 11 is 6.08. The van der Waals surface area contributed by atoms with Gasteiger partial charge in [-0.15, -0.1) is 0 Å². The van der Waals surface area contributed by atoms with Gasteiger partial charge in [0.15, 0.2) is 0 Å². The van der Waals surface area contributed by atoms with Gasteiger partial charge < -0.3 is 15.0 Å². The van der Waals surface area contributed by atoms with E-state index in [9.17, 15) is 4.79 Å². The third kappa shape index (κ3) is 4.05. The second kappa shape index (κ2) is 7.34. The predicted octanol–water partition coefficient (Wildman–Crippen LogP) is 2.12. The van der Waals surface area contributed by atoms with E-state index in [-0.39, 0.29) is 5.91 Å². The molecule has 5 nitrogen and oxygen atoms in total. The highest BCUT2D eigenvalue weighted by Crippen LogP contribution is 2.25. The van der Waals surface area contributed by atoms with Crippen molar-refractivity contribution in [1.29, 1.82) is 0 Å². The Kier molecular flexibility index (Phi) is 5.20. The standard InChI is InChI=1S/C17H22ClN3O2/c1-12-14(15-10-13(18)2-3-16(15)20-12)11-17(22)19-4-5-21-6-8-23-9-7-21/h2-3,10,20H,4-9,11H2,1H3,(H,19,22). The summed E-state index contributed by atoms with van der Waals surface area (Å²) in [6, 6.07) is 5.72.